The van der Waals surface area contributed by atoms with Crippen LogP contribution in [0.5, 0.6) is 5.75 Å². The molecular weight excluding hydrogens is 394 g/mol. The van der Waals surface area contributed by atoms with Gasteiger partial charge >= 0.3 is 5.69 Å². The lowest BCUT2D eigenvalue weighted by atomic mass is 10.1. The third kappa shape index (κ3) is 4.40. The summed E-state index contributed by atoms with van der Waals surface area (Å²) in [5.74, 6) is 0.417. The highest BCUT2D eigenvalue weighted by Gasteiger charge is 2.25. The maximum Gasteiger partial charge on any atom is 0.336 e. The molecule has 0 aliphatic heterocycles. The van der Waals surface area contributed by atoms with Gasteiger partial charge in [-0.05, 0) is 63.1 Å². The van der Waals surface area contributed by atoms with Crippen LogP contribution in [0.15, 0.2) is 58.1 Å². The molecule has 1 heterocycles. The van der Waals surface area contributed by atoms with E-state index >= 15 is 0 Å². The number of nitrogens with one attached hydrogen (secondary N) is 1. The second kappa shape index (κ2) is 9.64. The molecule has 1 N–H and O–H groups in total. The number of hydrogen-bond acceptors (Lipinski definition) is 4. The van der Waals surface area contributed by atoms with Crippen molar-refractivity contribution in [3.63, 3.8) is 0 Å². The molecule has 0 saturated heterocycles. The Balaban J connectivity index is 2.25. The first-order chi connectivity index (χ1) is 14.9. The number of nitrogens with zero attached hydrogens (tertiary/aromatic N) is 2. The van der Waals surface area contributed by atoms with Gasteiger partial charge in [0.1, 0.15) is 11.8 Å². The largest absolute Gasteiger partial charge is 0.494 e. The van der Waals surface area contributed by atoms with Gasteiger partial charge in [-0.3, -0.25) is 14.2 Å². The summed E-state index contributed by atoms with van der Waals surface area (Å²) in [5.41, 5.74) is -0.0850. The molecule has 2 aromatic carbocycles. The Hall–Kier alpha value is -3.35. The molecule has 0 spiro atoms. The lowest BCUT2D eigenvalue weighted by Crippen LogP contribution is -2.45. The van der Waals surface area contributed by atoms with Gasteiger partial charge in [0.05, 0.1) is 23.2 Å². The van der Waals surface area contributed by atoms with Crippen LogP contribution in [0.25, 0.3) is 16.6 Å². The summed E-state index contributed by atoms with van der Waals surface area (Å²) < 4.78 is 8.02. The molecule has 3 aromatic rings. The third-order valence-corrected chi connectivity index (χ3v) is 5.40. The van der Waals surface area contributed by atoms with Crippen LogP contribution in [0, 0.1) is 0 Å². The standard InChI is InChI=1S/C24H29N3O4/c1-5-16(4)25-22(28)20(6-2)27-21-11-9-8-10-19(21)23(29)26(24(27)30)17-12-14-18(15-13-17)31-7-3/h8-16,20H,5-7H2,1-4H3,(H,25,28). The number of benzene rings is 2. The number of fused-ring (bicyclic) bond motifs is 1. The van der Waals surface area contributed by atoms with Crippen LogP contribution in [-0.2, 0) is 4.79 Å². The number of carbonyl (C=O) groups is 1. The van der Waals surface area contributed by atoms with Crippen molar-refractivity contribution in [2.24, 2.45) is 0 Å². The highest BCUT2D eigenvalue weighted by atomic mass is 16.5. The van der Waals surface area contributed by atoms with Crippen LogP contribution in [0.4, 0.5) is 0 Å². The van der Waals surface area contributed by atoms with Crippen molar-refractivity contribution >= 4 is 16.8 Å². The second-order valence-electron chi connectivity index (χ2n) is 7.48. The number of hydrogen-bond donors (Lipinski definition) is 1. The van der Waals surface area contributed by atoms with E-state index in [0.29, 0.717) is 35.4 Å². The van der Waals surface area contributed by atoms with Gasteiger partial charge < -0.3 is 10.1 Å². The van der Waals surface area contributed by atoms with Crippen LogP contribution in [0.3, 0.4) is 0 Å². The molecule has 7 nitrogen and oxygen atoms in total. The van der Waals surface area contributed by atoms with Crippen LogP contribution >= 0.6 is 0 Å². The molecular formula is C24H29N3O4. The minimum Gasteiger partial charge on any atom is -0.494 e. The fourth-order valence-electron chi connectivity index (χ4n) is 3.60. The SMILES string of the molecule is CCOc1ccc(-n2c(=O)c3ccccc3n(C(CC)C(=O)NC(C)CC)c2=O)cc1. The monoisotopic (exact) mass is 423 g/mol. The van der Waals surface area contributed by atoms with Crippen LogP contribution in [0.2, 0.25) is 0 Å². The fraction of sp³-hybridized carbons (Fsp3) is 0.375. The van der Waals surface area contributed by atoms with Gasteiger partial charge in [-0.25, -0.2) is 9.36 Å². The summed E-state index contributed by atoms with van der Waals surface area (Å²) in [4.78, 5) is 39.8. The predicted octanol–water partition coefficient (Wildman–Crippen LogP) is 3.42. The van der Waals surface area contributed by atoms with Crippen molar-refractivity contribution in [2.45, 2.75) is 52.6 Å². The molecule has 3 rings (SSSR count). The zero-order valence-electron chi connectivity index (χ0n) is 18.4. The molecule has 0 saturated carbocycles. The number of amides is 1. The molecule has 0 bridgehead atoms. The predicted molar refractivity (Wildman–Crippen MR) is 122 cm³/mol. The minimum atomic E-state index is -0.735. The van der Waals surface area contributed by atoms with E-state index in [2.05, 4.69) is 5.32 Å². The molecule has 0 fully saturated rings. The maximum atomic E-state index is 13.6. The summed E-state index contributed by atoms with van der Waals surface area (Å²) >= 11 is 0. The molecule has 0 aliphatic rings. The van der Waals surface area contributed by atoms with Gasteiger partial charge in [0.2, 0.25) is 5.91 Å². The first-order valence-corrected chi connectivity index (χ1v) is 10.7. The zero-order chi connectivity index (χ0) is 22.5. The Morgan fingerprint density at radius 1 is 1.00 bits per heavy atom. The Labute approximate surface area is 181 Å². The number of para-hydroxylation sites is 1. The van der Waals surface area contributed by atoms with Crippen molar-refractivity contribution in [3.8, 4) is 11.4 Å². The summed E-state index contributed by atoms with van der Waals surface area (Å²) in [6, 6.07) is 12.9. The molecule has 0 aliphatic carbocycles. The quantitative estimate of drug-likeness (QED) is 0.602. The molecule has 1 aromatic heterocycles. The molecule has 1 amide bonds. The van der Waals surface area contributed by atoms with Crippen molar-refractivity contribution in [1.82, 2.24) is 14.5 Å². The number of aromatic nitrogens is 2. The van der Waals surface area contributed by atoms with E-state index in [0.717, 1.165) is 11.0 Å². The molecule has 7 heteroatoms. The van der Waals surface area contributed by atoms with Crippen molar-refractivity contribution in [1.29, 1.82) is 0 Å². The molecule has 164 valence electrons. The van der Waals surface area contributed by atoms with Crippen LogP contribution in [-0.4, -0.2) is 27.7 Å². The van der Waals surface area contributed by atoms with Gasteiger partial charge in [0.25, 0.3) is 5.56 Å². The van der Waals surface area contributed by atoms with E-state index in [9.17, 15) is 14.4 Å². The summed E-state index contributed by atoms with van der Waals surface area (Å²) in [6.07, 6.45) is 1.19. The fourth-order valence-corrected chi connectivity index (χ4v) is 3.60. The van der Waals surface area contributed by atoms with Gasteiger partial charge in [-0.1, -0.05) is 26.0 Å². The van der Waals surface area contributed by atoms with Gasteiger partial charge in [0, 0.05) is 6.04 Å². The average Bonchev–Trinajstić information content (AvgIpc) is 2.77. The average molecular weight is 424 g/mol. The topological polar surface area (TPSA) is 82.3 Å². The summed E-state index contributed by atoms with van der Waals surface area (Å²) in [6.45, 7) is 8.17. The number of rotatable bonds is 8. The highest BCUT2D eigenvalue weighted by molar-refractivity contribution is 5.84. The number of ether oxygens (including phenoxy) is 1. The Morgan fingerprint density at radius 3 is 2.29 bits per heavy atom. The van der Waals surface area contributed by atoms with Gasteiger partial charge in [-0.2, -0.15) is 0 Å². The lowest BCUT2D eigenvalue weighted by molar-refractivity contribution is -0.125. The molecule has 31 heavy (non-hydrogen) atoms. The molecule has 0 radical (unpaired) electrons. The maximum absolute atomic E-state index is 13.6. The Kier molecular flexibility index (Phi) is 6.95. The first kappa shape index (κ1) is 22.3. The Morgan fingerprint density at radius 2 is 1.68 bits per heavy atom. The first-order valence-electron chi connectivity index (χ1n) is 10.7. The van der Waals surface area contributed by atoms with Crippen molar-refractivity contribution < 1.29 is 9.53 Å². The third-order valence-electron chi connectivity index (χ3n) is 5.40. The normalized spacial score (nSPS) is 13.0. The van der Waals surface area contributed by atoms with E-state index in [-0.39, 0.29) is 11.9 Å². The summed E-state index contributed by atoms with van der Waals surface area (Å²) in [5, 5.41) is 3.34. The van der Waals surface area contributed by atoms with E-state index in [1.807, 2.05) is 27.7 Å². The molecule has 2 unspecified atom stereocenters. The minimum absolute atomic E-state index is 0.0134. The second-order valence-corrected chi connectivity index (χ2v) is 7.48. The van der Waals surface area contributed by atoms with E-state index in [1.165, 1.54) is 4.57 Å². The highest BCUT2D eigenvalue weighted by Crippen LogP contribution is 2.19. The zero-order valence-corrected chi connectivity index (χ0v) is 18.4. The van der Waals surface area contributed by atoms with Crippen LogP contribution < -0.4 is 21.3 Å². The lowest BCUT2D eigenvalue weighted by Gasteiger charge is -2.23. The van der Waals surface area contributed by atoms with E-state index in [1.54, 1.807) is 48.5 Å². The Bertz CT molecular complexity index is 1180. The number of carbonyl (C=O) groups excluding carboxylic acids is 1. The smallest absolute Gasteiger partial charge is 0.336 e. The van der Waals surface area contributed by atoms with Gasteiger partial charge in [0.15, 0.2) is 0 Å². The van der Waals surface area contributed by atoms with Crippen molar-refractivity contribution in [2.75, 3.05) is 6.61 Å². The molecule has 2 atom stereocenters. The van der Waals surface area contributed by atoms with E-state index in [4.69, 9.17) is 4.74 Å². The summed E-state index contributed by atoms with van der Waals surface area (Å²) in [7, 11) is 0. The van der Waals surface area contributed by atoms with Gasteiger partial charge in [-0.15, -0.1) is 0 Å². The van der Waals surface area contributed by atoms with E-state index < -0.39 is 17.3 Å². The van der Waals surface area contributed by atoms with Crippen molar-refractivity contribution in [3.05, 3.63) is 69.4 Å². The van der Waals surface area contributed by atoms with Crippen LogP contribution in [0.1, 0.15) is 46.6 Å².